The Balaban J connectivity index is 0.000000265. The van der Waals surface area contributed by atoms with Crippen molar-refractivity contribution in [1.29, 1.82) is 0 Å². The van der Waals surface area contributed by atoms with Crippen LogP contribution in [-0.2, 0) is 107 Å². The van der Waals surface area contributed by atoms with E-state index < -0.39 is 17.9 Å². The number of carbonyl (C=O) groups excluding carboxylic acids is 6. The number of rotatable bonds is 54. The molecule has 0 aliphatic rings. The Bertz CT molecular complexity index is 5040. The van der Waals surface area contributed by atoms with Crippen LogP contribution in [0.3, 0.4) is 0 Å². The third-order valence-corrected chi connectivity index (χ3v) is 19.6. The highest BCUT2D eigenvalue weighted by Gasteiger charge is 2.16. The number of phenols is 2. The third-order valence-electron chi connectivity index (χ3n) is 19.6. The van der Waals surface area contributed by atoms with E-state index in [1.165, 1.54) is 33.9 Å². The van der Waals surface area contributed by atoms with Crippen molar-refractivity contribution < 1.29 is 110 Å². The first-order valence-electron chi connectivity index (χ1n) is 47.0. The van der Waals surface area contributed by atoms with Crippen LogP contribution in [0.15, 0.2) is 250 Å². The molecule has 10 aromatic rings. The predicted octanol–water partition coefficient (Wildman–Crippen LogP) is 23.1. The van der Waals surface area contributed by atoms with Crippen LogP contribution in [-0.4, -0.2) is 125 Å². The molecule has 0 radical (unpaired) electrons. The number of carbonyl (C=O) groups is 6. The topological polar surface area (TPSA) is 281 Å². The summed E-state index contributed by atoms with van der Waals surface area (Å²) in [5.41, 5.74) is 12.3. The zero-order chi connectivity index (χ0) is 98.3. The average Bonchev–Trinajstić information content (AvgIpc) is 0.860. The molecule has 0 fully saturated rings. The van der Waals surface area contributed by atoms with Crippen LogP contribution in [0.2, 0.25) is 0 Å². The van der Waals surface area contributed by atoms with Crippen molar-refractivity contribution in [2.45, 2.75) is 191 Å². The van der Waals surface area contributed by atoms with Gasteiger partial charge >= 0.3 is 35.8 Å². The fourth-order valence-electron chi connectivity index (χ4n) is 13.0. The molecule has 0 heterocycles. The summed E-state index contributed by atoms with van der Waals surface area (Å²) in [6, 6.07) is 67.2. The van der Waals surface area contributed by atoms with Gasteiger partial charge in [-0.2, -0.15) is 0 Å². The summed E-state index contributed by atoms with van der Waals surface area (Å²) in [7, 11) is 0. The van der Waals surface area contributed by atoms with Crippen molar-refractivity contribution >= 4 is 35.8 Å². The summed E-state index contributed by atoms with van der Waals surface area (Å²) in [6.07, 6.45) is 19.6. The van der Waals surface area contributed by atoms with E-state index >= 15 is 0 Å². The lowest BCUT2D eigenvalue weighted by Gasteiger charge is -2.12. The normalized spacial score (nSPS) is 10.3. The number of aryl methyl sites for hydroxylation is 11. The second-order valence-electron chi connectivity index (χ2n) is 31.5. The van der Waals surface area contributed by atoms with Gasteiger partial charge in [0.05, 0.1) is 39.6 Å². The zero-order valence-electron chi connectivity index (χ0n) is 80.9. The van der Waals surface area contributed by atoms with Gasteiger partial charge in [0.1, 0.15) is 100 Å². The number of hydrogen-bond donors (Lipinski definition) is 2. The first-order valence-corrected chi connectivity index (χ1v) is 47.0. The van der Waals surface area contributed by atoms with E-state index in [9.17, 15) is 39.0 Å². The number of ether oxygens (including phenoxy) is 15. The average molecular weight is 1860 g/mol. The highest BCUT2D eigenvalue weighted by molar-refractivity contribution is 5.75. The van der Waals surface area contributed by atoms with E-state index in [0.717, 1.165) is 158 Å². The van der Waals surface area contributed by atoms with Crippen molar-refractivity contribution in [2.75, 3.05) is 79.3 Å². The molecule has 0 saturated carbocycles. The molecular formula is C113H138O23. The standard InChI is InChI=1S/C26H32O9.C26H32O6.C23H32O3.C23H26O3.C15H16O2/c1-4-30-24(27)16-33-21-11-9-19(10-12-21)7-8-20-13-22(34-17-25(28)31-5-2)15-23(14-20)35-18-26(29)32-6-3;1-4-7-24(27)30-21-14-12-19(13-15-21)10-11-20-16-22(31-25(28)8-5-2)18-23(17-20)32-26(29)9-6-3;2*1-4-13-24-21-11-9-19(10-12-21)7-8-20-16-22(25-14-5-2)18-23(17-20)26-15-6-3;1-11-2-4-12(5-3-11)6-7-13-8-14(16)10-15(17)9-13/h9-15H,4-8,16-18H2,1-3H3;12-18H,4-11H2,1-3H3;9-12,16-18H,4-8,13-15H2,1-3H3;4-6,9-12,16-18H,1-3,7-8,13-15H2;2-5,8-10,16-17H,6-7H2,1H3. The molecule has 0 saturated heterocycles. The van der Waals surface area contributed by atoms with E-state index in [1.807, 2.05) is 93.6 Å². The molecule has 0 bridgehead atoms. The lowest BCUT2D eigenvalue weighted by atomic mass is 10.0. The van der Waals surface area contributed by atoms with Gasteiger partial charge in [-0.1, -0.05) is 158 Å². The van der Waals surface area contributed by atoms with Gasteiger partial charge in [0, 0.05) is 49.6 Å². The number of hydrogen-bond acceptors (Lipinski definition) is 23. The minimum atomic E-state index is -0.475. The Morgan fingerprint density at radius 2 is 0.471 bits per heavy atom. The zero-order valence-corrected chi connectivity index (χ0v) is 80.9. The summed E-state index contributed by atoms with van der Waals surface area (Å²) in [4.78, 5) is 70.2. The molecule has 0 aliphatic carbocycles. The van der Waals surface area contributed by atoms with Gasteiger partial charge in [0.25, 0.3) is 0 Å². The molecule has 0 amide bonds. The van der Waals surface area contributed by atoms with E-state index in [2.05, 4.69) is 120 Å². The number of esters is 6. The molecule has 10 aromatic carbocycles. The molecule has 0 unspecified atom stereocenters. The van der Waals surface area contributed by atoms with Crippen LogP contribution in [0.5, 0.6) is 80.5 Å². The Labute approximate surface area is 804 Å². The van der Waals surface area contributed by atoms with Gasteiger partial charge in [-0.05, 0) is 295 Å². The minimum absolute atomic E-state index is 0.115. The van der Waals surface area contributed by atoms with Crippen LogP contribution in [0.25, 0.3) is 0 Å². The van der Waals surface area contributed by atoms with Gasteiger partial charge in [-0.15, -0.1) is 0 Å². The van der Waals surface area contributed by atoms with Crippen molar-refractivity contribution in [1.82, 2.24) is 0 Å². The summed E-state index contributed by atoms with van der Waals surface area (Å²) >= 11 is 0. The summed E-state index contributed by atoms with van der Waals surface area (Å²) in [5.74, 6) is 5.88. The van der Waals surface area contributed by atoms with Crippen LogP contribution in [0.4, 0.5) is 0 Å². The maximum absolute atomic E-state index is 11.9. The van der Waals surface area contributed by atoms with E-state index in [-0.39, 0.29) is 62.4 Å². The quantitative estimate of drug-likeness (QED) is 0.0155. The number of benzene rings is 10. The van der Waals surface area contributed by atoms with Crippen LogP contribution < -0.4 is 56.8 Å². The highest BCUT2D eigenvalue weighted by atomic mass is 16.6. The first kappa shape index (κ1) is 111. The van der Waals surface area contributed by atoms with E-state index in [1.54, 1.807) is 99.7 Å². The summed E-state index contributed by atoms with van der Waals surface area (Å²) in [5, 5.41) is 18.7. The lowest BCUT2D eigenvalue weighted by molar-refractivity contribution is -0.146. The van der Waals surface area contributed by atoms with Gasteiger partial charge in [0.2, 0.25) is 0 Å². The van der Waals surface area contributed by atoms with Crippen LogP contribution in [0, 0.1) is 6.92 Å². The van der Waals surface area contributed by atoms with Crippen molar-refractivity contribution in [3.8, 4) is 80.5 Å². The number of phenolic OH excluding ortho intramolecular Hbond substituents is 2. The van der Waals surface area contributed by atoms with Gasteiger partial charge in [-0.3, -0.25) is 14.4 Å². The Hall–Kier alpha value is -14.0. The Morgan fingerprint density at radius 1 is 0.243 bits per heavy atom. The molecule has 0 spiro atoms. The van der Waals surface area contributed by atoms with E-state index in [4.69, 9.17) is 71.1 Å². The fraction of sp³-hybridized carbons (Fsp3) is 0.363. The smallest absolute Gasteiger partial charge is 0.344 e. The number of aromatic hydroxyl groups is 2. The molecule has 0 aliphatic heterocycles. The molecule has 23 heteroatoms. The summed E-state index contributed by atoms with van der Waals surface area (Å²) in [6.45, 7) is 34.3. The van der Waals surface area contributed by atoms with Gasteiger partial charge in [-0.25, -0.2) is 14.4 Å². The van der Waals surface area contributed by atoms with Crippen LogP contribution in [0.1, 0.15) is 181 Å². The first-order chi connectivity index (χ1) is 66.0. The molecule has 23 nitrogen and oxygen atoms in total. The lowest BCUT2D eigenvalue weighted by Crippen LogP contribution is -2.16. The Kier molecular flexibility index (Phi) is 53.4. The van der Waals surface area contributed by atoms with Crippen molar-refractivity contribution in [2.24, 2.45) is 0 Å². The van der Waals surface area contributed by atoms with Crippen molar-refractivity contribution in [3.63, 3.8) is 0 Å². The molecule has 2 N–H and O–H groups in total. The fourth-order valence-corrected chi connectivity index (χ4v) is 13.0. The third kappa shape index (κ3) is 47.1. The molecule has 728 valence electrons. The maximum atomic E-state index is 11.9. The second kappa shape index (κ2) is 65.6. The van der Waals surface area contributed by atoms with Crippen LogP contribution >= 0.6 is 0 Å². The summed E-state index contributed by atoms with van der Waals surface area (Å²) < 4.78 is 81.5. The van der Waals surface area contributed by atoms with E-state index in [0.29, 0.717) is 112 Å². The largest absolute Gasteiger partial charge is 0.508 e. The molecule has 0 atom stereocenters. The maximum Gasteiger partial charge on any atom is 0.344 e. The monoisotopic (exact) mass is 1860 g/mol. The van der Waals surface area contributed by atoms with Crippen molar-refractivity contribution in [3.05, 3.63) is 311 Å². The molecular weight excluding hydrogens is 1730 g/mol. The molecule has 0 aromatic heterocycles. The highest BCUT2D eigenvalue weighted by Crippen LogP contribution is 2.32. The second-order valence-corrected chi connectivity index (χ2v) is 31.5. The van der Waals surface area contributed by atoms with Gasteiger partial charge < -0.3 is 81.3 Å². The predicted molar refractivity (Wildman–Crippen MR) is 532 cm³/mol. The molecule has 10 rings (SSSR count). The SMILES string of the molecule is C=CCOc1ccc(CCc2cc(OCC=C)cc(OCC=C)c2)cc1.CCCC(=O)Oc1ccc(CCc2cc(OC(=O)CCC)cc(OC(=O)CCC)c2)cc1.CCCOc1ccc(CCc2cc(OCCC)cc(OCCC)c2)cc1.CCOC(=O)COc1ccc(CCc2cc(OCC(=O)OCC)cc(OCC(=O)OCC)c2)cc1.Cc1ccc(CCc2cc(O)cc(O)c2)cc1. The minimum Gasteiger partial charge on any atom is -0.508 e. The van der Waals surface area contributed by atoms with Gasteiger partial charge in [0.15, 0.2) is 19.8 Å². The molecule has 136 heavy (non-hydrogen) atoms. The Morgan fingerprint density at radius 3 is 0.772 bits per heavy atom.